The van der Waals surface area contributed by atoms with E-state index in [0.717, 1.165) is 39.9 Å². The molecule has 3 aromatic rings. The molecule has 0 bridgehead atoms. The first kappa shape index (κ1) is 33.1. The van der Waals surface area contributed by atoms with E-state index in [1.54, 1.807) is 25.6 Å². The van der Waals surface area contributed by atoms with Crippen molar-refractivity contribution in [3.05, 3.63) is 58.7 Å². The Bertz CT molecular complexity index is 1450. The molecule has 1 saturated heterocycles. The molecule has 2 aromatic carbocycles. The van der Waals surface area contributed by atoms with Crippen LogP contribution in [0.2, 0.25) is 5.02 Å². The monoisotopic (exact) mass is 628 g/mol. The minimum Gasteiger partial charge on any atom is -0.488 e. The number of halogens is 1. The largest absolute Gasteiger partial charge is 0.488 e. The number of aromatic nitrogens is 1. The highest BCUT2D eigenvalue weighted by atomic mass is 35.5. The quantitative estimate of drug-likeness (QED) is 0.230. The normalized spacial score (nSPS) is 16.9. The molecule has 234 valence electrons. The number of nitrogens with one attached hydrogen (secondary N) is 1. The van der Waals surface area contributed by atoms with Gasteiger partial charge < -0.3 is 24.5 Å². The number of hydrogen-bond acceptors (Lipinski definition) is 5. The van der Waals surface area contributed by atoms with Gasteiger partial charge in [-0.15, -0.1) is 11.8 Å². The van der Waals surface area contributed by atoms with Gasteiger partial charge in [0, 0.05) is 50.6 Å². The number of rotatable bonds is 9. The Balaban J connectivity index is 1.72. The third-order valence-electron chi connectivity index (χ3n) is 7.40. The molecule has 2 heterocycles. The van der Waals surface area contributed by atoms with E-state index in [0.29, 0.717) is 30.2 Å². The van der Waals surface area contributed by atoms with Crippen molar-refractivity contribution in [2.24, 2.45) is 5.41 Å². The molecule has 2 atom stereocenters. The summed E-state index contributed by atoms with van der Waals surface area (Å²) in [5, 5.41) is 11.5. The van der Waals surface area contributed by atoms with Crippen LogP contribution in [0.3, 0.4) is 0 Å². The van der Waals surface area contributed by atoms with Gasteiger partial charge in [0.1, 0.15) is 17.5 Å². The lowest BCUT2D eigenvalue weighted by atomic mass is 9.88. The van der Waals surface area contributed by atoms with Crippen molar-refractivity contribution in [1.82, 2.24) is 9.88 Å². The van der Waals surface area contributed by atoms with Crippen LogP contribution in [-0.2, 0) is 22.4 Å². The molecule has 1 fully saturated rings. The van der Waals surface area contributed by atoms with Gasteiger partial charge >= 0.3 is 12.1 Å². The number of aliphatic carboxylic acids is 1. The Morgan fingerprint density at radius 2 is 1.74 bits per heavy atom. The van der Waals surface area contributed by atoms with Crippen LogP contribution in [0.15, 0.2) is 47.4 Å². The number of fused-ring (bicyclic) bond motifs is 1. The molecule has 7 nitrogen and oxygen atoms in total. The number of amides is 1. The summed E-state index contributed by atoms with van der Waals surface area (Å²) in [5.41, 5.74) is 1.38. The lowest BCUT2D eigenvalue weighted by molar-refractivity contribution is -0.146. The fourth-order valence-electron chi connectivity index (χ4n) is 5.35. The average molecular weight is 629 g/mol. The second kappa shape index (κ2) is 12.6. The van der Waals surface area contributed by atoms with Crippen LogP contribution in [0, 0.1) is 5.41 Å². The van der Waals surface area contributed by atoms with Gasteiger partial charge in [-0.2, -0.15) is 0 Å². The van der Waals surface area contributed by atoms with Gasteiger partial charge in [0.25, 0.3) is 0 Å². The molecular weight excluding hydrogens is 584 g/mol. The number of thioether (sulfide) groups is 1. The van der Waals surface area contributed by atoms with E-state index >= 15 is 0 Å². The first-order chi connectivity index (χ1) is 19.9. The SMILES string of the molecule is CC(C)(C)OC(=O)N1CCCC1[C@H](Cc1ccc(Cl)cc1)Oc1ccc2[nH]c(CC(C)(C)C(=O)O)c(SC(C)(C)C)c2c1. The number of aromatic amines is 1. The highest BCUT2D eigenvalue weighted by Crippen LogP contribution is 2.42. The molecule has 1 aliphatic rings. The highest BCUT2D eigenvalue weighted by molar-refractivity contribution is 8.00. The minimum atomic E-state index is -0.926. The second-order valence-corrected chi connectivity index (χ2v) is 16.4. The van der Waals surface area contributed by atoms with Crippen LogP contribution in [0.25, 0.3) is 10.9 Å². The first-order valence-electron chi connectivity index (χ1n) is 14.9. The lowest BCUT2D eigenvalue weighted by Gasteiger charge is -2.33. The number of carbonyl (C=O) groups excluding carboxylic acids is 1. The standard InChI is InChI=1S/C34H45ClN2O5S/c1-32(2,3)42-31(40)37-17-9-10-27(37)28(18-21-11-13-22(35)14-12-21)41-23-15-16-25-24(19-23)29(43-33(4,5)6)26(36-25)20-34(7,8)30(38)39/h11-16,19,27-28,36H,9-10,17-18,20H2,1-8H3,(H,38,39)/t27?,28-/m0/s1. The third kappa shape index (κ3) is 8.63. The van der Waals surface area contributed by atoms with Crippen molar-refractivity contribution >= 4 is 46.3 Å². The zero-order valence-electron chi connectivity index (χ0n) is 26.5. The van der Waals surface area contributed by atoms with Crippen molar-refractivity contribution in [3.8, 4) is 5.75 Å². The number of hydrogen-bond donors (Lipinski definition) is 2. The lowest BCUT2D eigenvalue weighted by Crippen LogP contribution is -2.47. The summed E-state index contributed by atoms with van der Waals surface area (Å²) in [7, 11) is 0. The van der Waals surface area contributed by atoms with Gasteiger partial charge in [-0.25, -0.2) is 4.79 Å². The van der Waals surface area contributed by atoms with E-state index in [-0.39, 0.29) is 23.0 Å². The zero-order valence-corrected chi connectivity index (χ0v) is 28.1. The summed E-state index contributed by atoms with van der Waals surface area (Å²) in [6.45, 7) is 16.2. The Morgan fingerprint density at radius 1 is 1.07 bits per heavy atom. The van der Waals surface area contributed by atoms with Crippen LogP contribution in [0.5, 0.6) is 5.75 Å². The van der Waals surface area contributed by atoms with Crippen molar-refractivity contribution in [2.75, 3.05) is 6.54 Å². The Labute approximate surface area is 264 Å². The third-order valence-corrected chi connectivity index (χ3v) is 8.93. The molecule has 4 rings (SSSR count). The number of carbonyl (C=O) groups is 2. The van der Waals surface area contributed by atoms with Crippen LogP contribution in [-0.4, -0.2) is 56.1 Å². The predicted molar refractivity (Wildman–Crippen MR) is 175 cm³/mol. The molecule has 0 saturated carbocycles. The van der Waals surface area contributed by atoms with Gasteiger partial charge in [-0.1, -0.05) is 44.5 Å². The molecule has 1 unspecified atom stereocenters. The first-order valence-corrected chi connectivity index (χ1v) is 16.1. The molecular formula is C34H45ClN2O5S. The number of carboxylic acids is 1. The molecule has 1 aliphatic heterocycles. The zero-order chi connectivity index (χ0) is 31.7. The molecule has 1 aromatic heterocycles. The molecule has 0 aliphatic carbocycles. The highest BCUT2D eigenvalue weighted by Gasteiger charge is 2.38. The van der Waals surface area contributed by atoms with Crippen LogP contribution >= 0.6 is 23.4 Å². The van der Waals surface area contributed by atoms with Crippen molar-refractivity contribution in [2.45, 2.75) is 108 Å². The number of nitrogens with zero attached hydrogens (tertiary/aromatic N) is 1. The molecule has 0 radical (unpaired) electrons. The van der Waals surface area contributed by atoms with Gasteiger partial charge in [0.2, 0.25) is 0 Å². The maximum atomic E-state index is 13.2. The Kier molecular flexibility index (Phi) is 9.72. The van der Waals surface area contributed by atoms with Crippen LogP contribution in [0.1, 0.15) is 79.5 Å². The fraction of sp³-hybridized carbons (Fsp3) is 0.529. The topological polar surface area (TPSA) is 91.9 Å². The van der Waals surface area contributed by atoms with Crippen molar-refractivity contribution < 1.29 is 24.2 Å². The summed E-state index contributed by atoms with van der Waals surface area (Å²) in [5.74, 6) is -0.140. The predicted octanol–water partition coefficient (Wildman–Crippen LogP) is 8.75. The number of likely N-dealkylation sites (tertiary alicyclic amines) is 1. The molecule has 0 spiro atoms. The summed E-state index contributed by atoms with van der Waals surface area (Å²) in [6.07, 6.45) is 2.00. The van der Waals surface area contributed by atoms with Crippen molar-refractivity contribution in [3.63, 3.8) is 0 Å². The van der Waals surface area contributed by atoms with Gasteiger partial charge in [0.05, 0.1) is 11.5 Å². The number of benzene rings is 2. The van der Waals surface area contributed by atoms with Gasteiger partial charge in [-0.3, -0.25) is 4.79 Å². The molecule has 1 amide bonds. The molecule has 9 heteroatoms. The maximum absolute atomic E-state index is 13.2. The van der Waals surface area contributed by atoms with Gasteiger partial charge in [0.15, 0.2) is 0 Å². The fourth-order valence-corrected chi connectivity index (χ4v) is 6.61. The number of H-pyrrole nitrogens is 1. The van der Waals surface area contributed by atoms with E-state index < -0.39 is 17.0 Å². The second-order valence-electron chi connectivity index (χ2n) is 14.1. The van der Waals surface area contributed by atoms with E-state index in [9.17, 15) is 14.7 Å². The molecule has 43 heavy (non-hydrogen) atoms. The smallest absolute Gasteiger partial charge is 0.410 e. The summed E-state index contributed by atoms with van der Waals surface area (Å²) >= 11 is 7.89. The number of ether oxygens (including phenoxy) is 2. The van der Waals surface area contributed by atoms with Gasteiger partial charge in [-0.05, 0) is 83.4 Å². The summed E-state index contributed by atoms with van der Waals surface area (Å²) < 4.78 is 12.5. The minimum absolute atomic E-state index is 0.0943. The van der Waals surface area contributed by atoms with Crippen LogP contribution in [0.4, 0.5) is 4.79 Å². The average Bonchev–Trinajstić information content (AvgIpc) is 3.48. The van der Waals surface area contributed by atoms with E-state index in [4.69, 9.17) is 21.1 Å². The van der Waals surface area contributed by atoms with E-state index in [2.05, 4.69) is 25.8 Å². The van der Waals surface area contributed by atoms with Crippen molar-refractivity contribution in [1.29, 1.82) is 0 Å². The number of carboxylic acid groups (broad SMARTS) is 1. The van der Waals surface area contributed by atoms with E-state index in [1.165, 1.54) is 0 Å². The Morgan fingerprint density at radius 3 is 2.35 bits per heavy atom. The summed E-state index contributed by atoms with van der Waals surface area (Å²) in [4.78, 5) is 31.5. The molecule has 2 N–H and O–H groups in total. The Hall–Kier alpha value is -2.84. The van der Waals surface area contributed by atoms with E-state index in [1.807, 2.05) is 68.1 Å². The maximum Gasteiger partial charge on any atom is 0.410 e. The van der Waals surface area contributed by atoms with Crippen LogP contribution < -0.4 is 4.74 Å². The summed E-state index contributed by atoms with van der Waals surface area (Å²) in [6, 6.07) is 13.5.